The molecular formula is C24H24N4O4. The quantitative estimate of drug-likeness (QED) is 0.558. The van der Waals surface area contributed by atoms with E-state index in [9.17, 15) is 0 Å². The van der Waals surface area contributed by atoms with Crippen molar-refractivity contribution < 1.29 is 18.9 Å². The number of hydrogen-bond donors (Lipinski definition) is 2. The van der Waals surface area contributed by atoms with Gasteiger partial charge in [-0.15, -0.1) is 0 Å². The fourth-order valence-corrected chi connectivity index (χ4v) is 3.57. The number of hydrogen-bond acceptors (Lipinski definition) is 8. The van der Waals surface area contributed by atoms with Crippen LogP contribution in [0.5, 0.6) is 23.0 Å². The highest BCUT2D eigenvalue weighted by Gasteiger charge is 2.33. The molecule has 0 atom stereocenters. The minimum atomic E-state index is -0.716. The lowest BCUT2D eigenvalue weighted by molar-refractivity contribution is -0.0437. The Morgan fingerprint density at radius 1 is 0.594 bits per heavy atom. The molecule has 3 aliphatic rings. The number of rotatable bonds is 0. The summed E-state index contributed by atoms with van der Waals surface area (Å²) in [5.74, 6) is 1.25. The predicted octanol–water partition coefficient (Wildman–Crippen LogP) is 5.67. The first-order valence-electron chi connectivity index (χ1n) is 10.3. The van der Waals surface area contributed by atoms with E-state index in [-0.39, 0.29) is 0 Å². The number of fused-ring (bicyclic) bond motifs is 4. The molecule has 8 nitrogen and oxygen atoms in total. The summed E-state index contributed by atoms with van der Waals surface area (Å²) in [6, 6.07) is 7.47. The van der Waals surface area contributed by atoms with E-state index in [0.717, 1.165) is 11.4 Å². The van der Waals surface area contributed by atoms with Gasteiger partial charge in [-0.25, -0.2) is 0 Å². The van der Waals surface area contributed by atoms with Crippen molar-refractivity contribution in [3.63, 3.8) is 0 Å². The lowest BCUT2D eigenvalue weighted by Gasteiger charge is -2.16. The van der Waals surface area contributed by atoms with Gasteiger partial charge >= 0.3 is 0 Å². The molecule has 3 aliphatic heterocycles. The van der Waals surface area contributed by atoms with Crippen LogP contribution in [0.3, 0.4) is 0 Å². The van der Waals surface area contributed by atoms with E-state index < -0.39 is 11.6 Å². The minimum absolute atomic E-state index is 0.648. The van der Waals surface area contributed by atoms with E-state index in [4.69, 9.17) is 18.9 Å². The Morgan fingerprint density at radius 2 is 0.969 bits per heavy atom. The second kappa shape index (κ2) is 7.33. The molecule has 2 N–H and O–H groups in total. The molecule has 0 saturated heterocycles. The van der Waals surface area contributed by atoms with Crippen LogP contribution in [0.25, 0.3) is 0 Å². The Kier molecular flexibility index (Phi) is 4.58. The molecule has 0 radical (unpaired) electrons. The maximum Gasteiger partial charge on any atom is 0.246 e. The Labute approximate surface area is 186 Å². The maximum atomic E-state index is 5.86. The average molecular weight is 432 g/mol. The van der Waals surface area contributed by atoms with Crippen LogP contribution in [0, 0.1) is 0 Å². The summed E-state index contributed by atoms with van der Waals surface area (Å²) in [6.07, 6.45) is 10.6. The number of aliphatic imine (C=N–C) groups is 2. The minimum Gasteiger partial charge on any atom is -0.449 e. The zero-order valence-corrected chi connectivity index (χ0v) is 18.3. The molecule has 0 aliphatic carbocycles. The summed E-state index contributed by atoms with van der Waals surface area (Å²) in [7, 11) is 0. The molecule has 2 aromatic rings. The van der Waals surface area contributed by atoms with Crippen LogP contribution in [0.4, 0.5) is 22.7 Å². The van der Waals surface area contributed by atoms with Gasteiger partial charge in [0.25, 0.3) is 0 Å². The third-order valence-electron chi connectivity index (χ3n) is 4.82. The van der Waals surface area contributed by atoms with Crippen molar-refractivity contribution in [2.45, 2.75) is 39.3 Å². The van der Waals surface area contributed by atoms with Crippen molar-refractivity contribution in [3.05, 3.63) is 48.8 Å². The van der Waals surface area contributed by atoms with E-state index >= 15 is 0 Å². The van der Waals surface area contributed by atoms with Gasteiger partial charge < -0.3 is 29.6 Å². The summed E-state index contributed by atoms with van der Waals surface area (Å²) in [5.41, 5.74) is 3.02. The predicted molar refractivity (Wildman–Crippen MR) is 125 cm³/mol. The molecule has 8 heteroatoms. The Hall–Kier alpha value is -3.94. The Morgan fingerprint density at radius 3 is 1.38 bits per heavy atom. The summed E-state index contributed by atoms with van der Waals surface area (Å²) in [4.78, 5) is 9.09. The molecule has 0 saturated carbocycles. The molecule has 0 bridgehead atoms. The molecule has 0 fully saturated rings. The summed E-state index contributed by atoms with van der Waals surface area (Å²) in [5, 5.41) is 6.54. The fraction of sp³-hybridized carbons (Fsp3) is 0.250. The summed E-state index contributed by atoms with van der Waals surface area (Å²) < 4.78 is 23.4. The van der Waals surface area contributed by atoms with Gasteiger partial charge in [-0.05, 0) is 12.2 Å². The Bertz CT molecular complexity index is 1110. The highest BCUT2D eigenvalue weighted by atomic mass is 16.7. The van der Waals surface area contributed by atoms with Crippen LogP contribution in [0.15, 0.2) is 58.8 Å². The molecule has 2 aromatic carbocycles. The molecule has 3 heterocycles. The van der Waals surface area contributed by atoms with Crippen LogP contribution in [-0.2, 0) is 0 Å². The molecule has 5 rings (SSSR count). The van der Waals surface area contributed by atoms with E-state index in [0.29, 0.717) is 34.4 Å². The number of benzene rings is 2. The van der Waals surface area contributed by atoms with Gasteiger partial charge in [0.15, 0.2) is 23.0 Å². The van der Waals surface area contributed by atoms with Crippen LogP contribution < -0.4 is 29.6 Å². The number of allylic oxidation sites excluding steroid dienone is 2. The second-order valence-corrected chi connectivity index (χ2v) is 8.40. The highest BCUT2D eigenvalue weighted by Crippen LogP contribution is 2.46. The summed E-state index contributed by atoms with van der Waals surface area (Å²) in [6.45, 7) is 7.48. The molecular weight excluding hydrogens is 408 g/mol. The maximum absolute atomic E-state index is 5.86. The van der Waals surface area contributed by atoms with Crippen molar-refractivity contribution in [3.8, 4) is 23.0 Å². The molecule has 0 spiro atoms. The first kappa shape index (κ1) is 20.0. The van der Waals surface area contributed by atoms with Gasteiger partial charge in [0.05, 0.1) is 22.7 Å². The monoisotopic (exact) mass is 432 g/mol. The largest absolute Gasteiger partial charge is 0.449 e. The van der Waals surface area contributed by atoms with Crippen LogP contribution >= 0.6 is 0 Å². The normalized spacial score (nSPS) is 19.9. The van der Waals surface area contributed by atoms with E-state index in [1.807, 2.05) is 64.1 Å². The molecule has 164 valence electrons. The van der Waals surface area contributed by atoms with E-state index in [2.05, 4.69) is 20.6 Å². The van der Waals surface area contributed by atoms with Crippen molar-refractivity contribution in [1.29, 1.82) is 0 Å². The fourth-order valence-electron chi connectivity index (χ4n) is 3.57. The SMILES string of the molecule is CC1(C)Oc2cc3c(cc2O1)N=C/C=C\Nc1cc2c(cc1NC=CC=N3)OC(C)(C)O2. The van der Waals surface area contributed by atoms with Gasteiger partial charge in [-0.3, -0.25) is 9.98 Å². The molecule has 0 unspecified atom stereocenters. The van der Waals surface area contributed by atoms with Gasteiger partial charge in [-0.2, -0.15) is 0 Å². The van der Waals surface area contributed by atoms with Crippen LogP contribution in [0.1, 0.15) is 27.7 Å². The summed E-state index contributed by atoms with van der Waals surface area (Å²) >= 11 is 0. The topological polar surface area (TPSA) is 85.7 Å². The van der Waals surface area contributed by atoms with Gasteiger partial charge in [0.2, 0.25) is 11.6 Å². The van der Waals surface area contributed by atoms with Crippen molar-refractivity contribution >= 4 is 35.2 Å². The van der Waals surface area contributed by atoms with Gasteiger partial charge in [0.1, 0.15) is 0 Å². The lowest BCUT2D eigenvalue weighted by Crippen LogP contribution is -2.29. The smallest absolute Gasteiger partial charge is 0.246 e. The van der Waals surface area contributed by atoms with Crippen molar-refractivity contribution in [2.75, 3.05) is 10.6 Å². The average Bonchev–Trinajstić information content (AvgIpc) is 3.18. The zero-order valence-electron chi connectivity index (χ0n) is 18.3. The van der Waals surface area contributed by atoms with Crippen LogP contribution in [0.2, 0.25) is 0 Å². The van der Waals surface area contributed by atoms with Crippen molar-refractivity contribution in [1.82, 2.24) is 0 Å². The second-order valence-electron chi connectivity index (χ2n) is 8.40. The zero-order chi connectivity index (χ0) is 22.3. The Balaban J connectivity index is 1.46. The number of nitrogens with one attached hydrogen (secondary N) is 2. The number of ether oxygens (including phenoxy) is 4. The van der Waals surface area contributed by atoms with Crippen molar-refractivity contribution in [2.24, 2.45) is 9.98 Å². The highest BCUT2D eigenvalue weighted by molar-refractivity contribution is 5.84. The van der Waals surface area contributed by atoms with Gasteiger partial charge in [0, 0.05) is 76.8 Å². The third-order valence-corrected chi connectivity index (χ3v) is 4.82. The van der Waals surface area contributed by atoms with Crippen LogP contribution in [-0.4, -0.2) is 24.0 Å². The number of anilines is 2. The lowest BCUT2D eigenvalue weighted by atomic mass is 10.2. The first-order valence-corrected chi connectivity index (χ1v) is 10.3. The number of nitrogens with zero attached hydrogens (tertiary/aromatic N) is 2. The first-order chi connectivity index (χ1) is 15.3. The third kappa shape index (κ3) is 3.99. The molecule has 32 heavy (non-hydrogen) atoms. The van der Waals surface area contributed by atoms with Gasteiger partial charge in [-0.1, -0.05) is 0 Å². The van der Waals surface area contributed by atoms with E-state index in [1.165, 1.54) is 0 Å². The molecule has 0 amide bonds. The standard InChI is InChI=1S/C24H24N4O4/c1-23(2)29-19-11-15-16(12-20(19)30-23)26-8-6-10-28-18-14-22-21(31-24(3,4)32-22)13-17(18)27-9-5-7-25-15/h5-14,25-26H,1-4H3/b7-5-,8-6?,27-9?,28-10?. The molecule has 0 aromatic heterocycles. The van der Waals surface area contributed by atoms with E-state index in [1.54, 1.807) is 24.8 Å².